The molecule has 0 aliphatic rings. The van der Waals surface area contributed by atoms with Crippen LogP contribution in [0.4, 0.5) is 0 Å². The molecule has 1 rings (SSSR count). The van der Waals surface area contributed by atoms with E-state index >= 15 is 0 Å². The zero-order chi connectivity index (χ0) is 17.4. The summed E-state index contributed by atoms with van der Waals surface area (Å²) in [6.07, 6.45) is 7.54. The molecule has 3 nitrogen and oxygen atoms in total. The Morgan fingerprint density at radius 2 is 1.17 bits per heavy atom. The minimum atomic E-state index is -3.71. The van der Waals surface area contributed by atoms with Gasteiger partial charge in [0, 0.05) is 0 Å². The first-order chi connectivity index (χ1) is 10.9. The summed E-state index contributed by atoms with van der Waals surface area (Å²) in [4.78, 5) is 0.286. The predicted octanol–water partition coefficient (Wildman–Crippen LogP) is 5.50. The fraction of sp³-hybridized carbons (Fsp3) is 0.667. The topological polar surface area (TPSA) is 43.4 Å². The van der Waals surface area contributed by atoms with Gasteiger partial charge in [-0.3, -0.25) is 0 Å². The van der Waals surface area contributed by atoms with Crippen molar-refractivity contribution in [3.63, 3.8) is 0 Å². The molecule has 0 radical (unpaired) electrons. The van der Waals surface area contributed by atoms with Crippen LogP contribution >= 0.6 is 6.83 Å². The van der Waals surface area contributed by atoms with Crippen LogP contribution in [-0.2, 0) is 14.1 Å². The van der Waals surface area contributed by atoms with Crippen molar-refractivity contribution in [2.45, 2.75) is 58.3 Å². The van der Waals surface area contributed by atoms with Crippen LogP contribution in [0, 0.1) is 0 Å². The normalized spacial score (nSPS) is 14.3. The Bertz CT molecular complexity index is 534. The summed E-state index contributed by atoms with van der Waals surface area (Å²) >= 11 is 0. The Morgan fingerprint density at radius 3 is 1.52 bits per heavy atom. The van der Waals surface area contributed by atoms with Crippen LogP contribution in [0.15, 0.2) is 35.2 Å². The molecule has 0 aliphatic carbocycles. The van der Waals surface area contributed by atoms with Crippen molar-refractivity contribution in [2.75, 3.05) is 24.6 Å². The van der Waals surface area contributed by atoms with Gasteiger partial charge in [0.05, 0.1) is 0 Å². The van der Waals surface area contributed by atoms with Gasteiger partial charge < -0.3 is 0 Å². The molecule has 0 aliphatic heterocycles. The first-order valence-corrected chi connectivity index (χ1v) is 13.2. The molecule has 23 heavy (non-hydrogen) atoms. The van der Waals surface area contributed by atoms with Crippen molar-refractivity contribution in [1.29, 1.82) is 0 Å². The number of rotatable bonds is 11. The Hall–Kier alpha value is -0.440. The van der Waals surface area contributed by atoms with E-state index in [1.165, 1.54) is 0 Å². The van der Waals surface area contributed by atoms with E-state index in [0.29, 0.717) is 0 Å². The van der Waals surface area contributed by atoms with E-state index in [9.17, 15) is 8.42 Å². The molecule has 0 unspecified atom stereocenters. The van der Waals surface area contributed by atoms with Gasteiger partial charge in [0.25, 0.3) is 0 Å². The van der Waals surface area contributed by atoms with Crippen molar-refractivity contribution < 1.29 is 12.4 Å². The third-order valence-corrected chi connectivity index (χ3v) is 14.1. The van der Waals surface area contributed by atoms with Crippen LogP contribution in [-0.4, -0.2) is 33.1 Å². The fourth-order valence-electron chi connectivity index (χ4n) is 3.99. The second-order valence-corrected chi connectivity index (χ2v) is 14.1. The number of hydrogen-bond acceptors (Lipinski definition) is 3. The Kier molecular flexibility index (Phi) is 7.70. The predicted molar refractivity (Wildman–Crippen MR) is 102 cm³/mol. The van der Waals surface area contributed by atoms with Crippen molar-refractivity contribution in [1.82, 2.24) is 0 Å². The van der Waals surface area contributed by atoms with E-state index in [1.807, 2.05) is 6.07 Å². The minimum absolute atomic E-state index is 0.286. The standard InChI is InChI=1S/C18H33O3PS/c1-5-14-22(15-6-2,16-7-3,17-8-4)21-23(19,20)18-12-10-9-11-13-18/h9-13H,5-8,14-17H2,1-4H3. The number of hydrogen-bond donors (Lipinski definition) is 0. The Balaban J connectivity index is 3.38. The molecule has 1 aromatic carbocycles. The van der Waals surface area contributed by atoms with Crippen molar-refractivity contribution in [2.24, 2.45) is 0 Å². The van der Waals surface area contributed by atoms with Gasteiger partial charge >= 0.3 is 143 Å². The van der Waals surface area contributed by atoms with Crippen LogP contribution < -0.4 is 0 Å². The third kappa shape index (κ3) is 5.01. The van der Waals surface area contributed by atoms with E-state index in [1.54, 1.807) is 24.3 Å². The van der Waals surface area contributed by atoms with E-state index in [-0.39, 0.29) is 4.90 Å². The van der Waals surface area contributed by atoms with Gasteiger partial charge in [-0.2, -0.15) is 0 Å². The summed E-state index contributed by atoms with van der Waals surface area (Å²) in [5.41, 5.74) is 0. The summed E-state index contributed by atoms with van der Waals surface area (Å²) in [5, 5.41) is 0. The first-order valence-electron chi connectivity index (χ1n) is 8.89. The van der Waals surface area contributed by atoms with Gasteiger partial charge in [0.15, 0.2) is 0 Å². The molecular weight excluding hydrogens is 327 g/mol. The maximum atomic E-state index is 13.0. The van der Waals surface area contributed by atoms with Gasteiger partial charge in [0.2, 0.25) is 0 Å². The molecule has 0 heterocycles. The Labute approximate surface area is 143 Å². The Morgan fingerprint density at radius 1 is 0.783 bits per heavy atom. The molecule has 5 heteroatoms. The van der Waals surface area contributed by atoms with Crippen molar-refractivity contribution in [3.05, 3.63) is 30.3 Å². The van der Waals surface area contributed by atoms with E-state index in [0.717, 1.165) is 50.3 Å². The second kappa shape index (κ2) is 8.60. The maximum absolute atomic E-state index is 13.0. The molecule has 0 atom stereocenters. The number of benzene rings is 1. The summed E-state index contributed by atoms with van der Waals surface area (Å²) in [6, 6.07) is 8.61. The SMILES string of the molecule is CCCP(CCC)(CCC)(CCC)OS(=O)(=O)c1ccccc1. The third-order valence-electron chi connectivity index (χ3n) is 4.50. The summed E-state index contributed by atoms with van der Waals surface area (Å²) in [5.74, 6) is 0. The second-order valence-electron chi connectivity index (χ2n) is 6.59. The average molecular weight is 360 g/mol. The van der Waals surface area contributed by atoms with Gasteiger partial charge in [-0.1, -0.05) is 0 Å². The average Bonchev–Trinajstić information content (AvgIpc) is 2.49. The van der Waals surface area contributed by atoms with Gasteiger partial charge in [0.1, 0.15) is 0 Å². The van der Waals surface area contributed by atoms with E-state index in [4.69, 9.17) is 3.97 Å². The molecule has 0 saturated carbocycles. The quantitative estimate of drug-likeness (QED) is 0.489. The van der Waals surface area contributed by atoms with Crippen LogP contribution in [0.1, 0.15) is 53.4 Å². The summed E-state index contributed by atoms with van der Waals surface area (Å²) < 4.78 is 32.2. The zero-order valence-electron chi connectivity index (χ0n) is 15.1. The summed E-state index contributed by atoms with van der Waals surface area (Å²) in [7, 11) is -3.71. The molecule has 1 aromatic rings. The van der Waals surface area contributed by atoms with E-state index < -0.39 is 16.9 Å². The fourth-order valence-corrected chi connectivity index (χ4v) is 14.1. The van der Waals surface area contributed by atoms with Crippen LogP contribution in [0.3, 0.4) is 0 Å². The molecule has 0 aromatic heterocycles. The molecule has 0 spiro atoms. The van der Waals surface area contributed by atoms with Gasteiger partial charge in [-0.15, -0.1) is 0 Å². The van der Waals surface area contributed by atoms with Gasteiger partial charge in [-0.25, -0.2) is 0 Å². The van der Waals surface area contributed by atoms with Crippen LogP contribution in [0.2, 0.25) is 0 Å². The van der Waals surface area contributed by atoms with Crippen molar-refractivity contribution in [3.8, 4) is 0 Å². The monoisotopic (exact) mass is 360 g/mol. The molecular formula is C18H33O3PS. The molecule has 134 valence electrons. The van der Waals surface area contributed by atoms with E-state index in [2.05, 4.69) is 27.7 Å². The molecule has 0 amide bonds. The molecule has 0 bridgehead atoms. The van der Waals surface area contributed by atoms with Crippen molar-refractivity contribution >= 4 is 16.9 Å². The molecule has 0 fully saturated rings. The summed E-state index contributed by atoms with van der Waals surface area (Å²) in [6.45, 7) is 5.81. The molecule has 0 saturated heterocycles. The van der Waals surface area contributed by atoms with Crippen LogP contribution in [0.5, 0.6) is 0 Å². The first kappa shape index (κ1) is 20.6. The van der Waals surface area contributed by atoms with Gasteiger partial charge in [-0.05, 0) is 0 Å². The van der Waals surface area contributed by atoms with Crippen LogP contribution in [0.25, 0.3) is 0 Å². The zero-order valence-corrected chi connectivity index (χ0v) is 16.8. The molecule has 0 N–H and O–H groups in total.